The number of alkyl halides is 1. The number of fused-ring (bicyclic) bond motifs is 2. The van der Waals surface area contributed by atoms with Crippen LogP contribution in [-0.2, 0) is 7.05 Å². The first kappa shape index (κ1) is 20.4. The Morgan fingerprint density at radius 1 is 1.12 bits per heavy atom. The van der Waals surface area contributed by atoms with Crippen LogP contribution in [-0.4, -0.2) is 70.8 Å². The maximum absolute atomic E-state index is 15.4. The third kappa shape index (κ3) is 3.79. The van der Waals surface area contributed by atoms with Crippen molar-refractivity contribution < 1.29 is 9.50 Å². The number of aryl methyl sites for hydroxylation is 1. The second kappa shape index (κ2) is 7.98. The molecule has 172 valence electrons. The highest BCUT2D eigenvalue weighted by atomic mass is 19.1. The number of hydrogen-bond acceptors (Lipinski definition) is 9. The molecule has 3 aliphatic rings. The molecule has 6 rings (SSSR count). The Morgan fingerprint density at radius 3 is 2.70 bits per heavy atom. The molecule has 2 aromatic heterocycles. The van der Waals surface area contributed by atoms with E-state index in [0.29, 0.717) is 40.7 Å². The van der Waals surface area contributed by atoms with Crippen molar-refractivity contribution in [1.29, 1.82) is 0 Å². The van der Waals surface area contributed by atoms with Gasteiger partial charge in [-0.05, 0) is 49.5 Å². The number of nitrogens with one attached hydrogen (secondary N) is 1. The van der Waals surface area contributed by atoms with Gasteiger partial charge in [0.2, 0.25) is 5.82 Å². The highest BCUT2D eigenvalue weighted by Crippen LogP contribution is 2.39. The van der Waals surface area contributed by atoms with Crippen LogP contribution in [0.25, 0.3) is 22.8 Å². The van der Waals surface area contributed by atoms with Crippen LogP contribution >= 0.6 is 0 Å². The maximum atomic E-state index is 15.4. The van der Waals surface area contributed by atoms with E-state index in [2.05, 4.69) is 40.8 Å². The van der Waals surface area contributed by atoms with Crippen molar-refractivity contribution >= 4 is 5.82 Å². The highest BCUT2D eigenvalue weighted by Gasteiger charge is 2.46. The molecule has 33 heavy (non-hydrogen) atoms. The van der Waals surface area contributed by atoms with Gasteiger partial charge in [0.1, 0.15) is 11.9 Å². The number of nitrogens with zero attached hydrogens (tertiary/aromatic N) is 8. The molecule has 0 spiro atoms. The SMILES string of the molecule is Cn1nnc(-c2ccc(-c3ncc(N(C4CC4)[C@H]4C[C@H]5CCC[C@H](N5)[C@H]4F)nn3)c(O)c2)n1. The summed E-state index contributed by atoms with van der Waals surface area (Å²) in [7, 11) is 1.68. The van der Waals surface area contributed by atoms with Crippen molar-refractivity contribution in [3.05, 3.63) is 24.4 Å². The van der Waals surface area contributed by atoms with Gasteiger partial charge in [-0.2, -0.15) is 4.80 Å². The standard InChI is InChI=1S/C22H26FN9O/c1-31-29-21(28-30-31)12-5-8-15(18(33)9-12)22-24-11-19(26-27-22)32(14-6-7-14)17-10-13-3-2-4-16(25-13)20(17)23/h5,8-9,11,13-14,16-17,20,25,33H,2-4,6-7,10H2,1H3/t13-,16+,17+,20-/m1/s1. The topological polar surface area (TPSA) is 118 Å². The smallest absolute Gasteiger partial charge is 0.205 e. The van der Waals surface area contributed by atoms with E-state index in [-0.39, 0.29) is 17.8 Å². The molecule has 2 N–H and O–H groups in total. The number of benzene rings is 1. The Kier molecular flexibility index (Phi) is 4.93. The third-order valence-corrected chi connectivity index (χ3v) is 6.91. The summed E-state index contributed by atoms with van der Waals surface area (Å²) in [5, 5.41) is 34.7. The normalized spacial score (nSPS) is 26.8. The lowest BCUT2D eigenvalue weighted by Crippen LogP contribution is -2.62. The maximum Gasteiger partial charge on any atom is 0.205 e. The third-order valence-electron chi connectivity index (χ3n) is 6.91. The number of phenolic OH excluding ortho intramolecular Hbond substituents is 1. The van der Waals surface area contributed by atoms with Gasteiger partial charge in [-0.15, -0.1) is 20.4 Å². The molecular weight excluding hydrogens is 425 g/mol. The van der Waals surface area contributed by atoms with Crippen LogP contribution in [0.3, 0.4) is 0 Å². The fourth-order valence-electron chi connectivity index (χ4n) is 5.20. The zero-order valence-electron chi connectivity index (χ0n) is 18.3. The van der Waals surface area contributed by atoms with Gasteiger partial charge >= 0.3 is 0 Å². The van der Waals surface area contributed by atoms with Crippen LogP contribution in [0.1, 0.15) is 38.5 Å². The summed E-state index contributed by atoms with van der Waals surface area (Å²) in [5.74, 6) is 1.34. The van der Waals surface area contributed by atoms with Crippen LogP contribution in [0, 0.1) is 0 Å². The van der Waals surface area contributed by atoms with Crippen molar-refractivity contribution in [2.45, 2.75) is 68.9 Å². The number of aromatic hydroxyl groups is 1. The molecule has 0 amide bonds. The molecule has 2 saturated heterocycles. The van der Waals surface area contributed by atoms with Crippen LogP contribution < -0.4 is 10.2 Å². The van der Waals surface area contributed by atoms with Crippen molar-refractivity contribution in [1.82, 2.24) is 40.7 Å². The molecular formula is C22H26FN9O. The van der Waals surface area contributed by atoms with Gasteiger partial charge in [-0.1, -0.05) is 12.5 Å². The van der Waals surface area contributed by atoms with E-state index in [1.165, 1.54) is 4.80 Å². The lowest BCUT2D eigenvalue weighted by Gasteiger charge is -2.47. The molecule has 0 radical (unpaired) electrons. The summed E-state index contributed by atoms with van der Waals surface area (Å²) in [6.45, 7) is 0. The molecule has 10 nitrogen and oxygen atoms in total. The first-order valence-electron chi connectivity index (χ1n) is 11.5. The van der Waals surface area contributed by atoms with Gasteiger partial charge in [0.25, 0.3) is 0 Å². The van der Waals surface area contributed by atoms with E-state index in [1.54, 1.807) is 31.4 Å². The minimum atomic E-state index is -0.935. The second-order valence-electron chi connectivity index (χ2n) is 9.26. The van der Waals surface area contributed by atoms with Crippen molar-refractivity contribution in [3.63, 3.8) is 0 Å². The van der Waals surface area contributed by atoms with E-state index in [9.17, 15) is 5.11 Å². The predicted molar refractivity (Wildman–Crippen MR) is 118 cm³/mol. The molecule has 1 saturated carbocycles. The number of anilines is 1. The van der Waals surface area contributed by atoms with Crippen molar-refractivity contribution in [2.24, 2.45) is 7.05 Å². The van der Waals surface area contributed by atoms with Crippen LogP contribution in [0.5, 0.6) is 5.75 Å². The van der Waals surface area contributed by atoms with Crippen LogP contribution in [0.2, 0.25) is 0 Å². The van der Waals surface area contributed by atoms with Gasteiger partial charge in [-0.3, -0.25) is 0 Å². The van der Waals surface area contributed by atoms with E-state index in [0.717, 1.165) is 38.5 Å². The van der Waals surface area contributed by atoms with Gasteiger partial charge in [-0.25, -0.2) is 9.37 Å². The molecule has 4 atom stereocenters. The van der Waals surface area contributed by atoms with E-state index >= 15 is 4.39 Å². The molecule has 2 aliphatic heterocycles. The average Bonchev–Trinajstić information content (AvgIpc) is 3.57. The van der Waals surface area contributed by atoms with Crippen molar-refractivity contribution in [2.75, 3.05) is 4.90 Å². The fourth-order valence-corrected chi connectivity index (χ4v) is 5.20. The summed E-state index contributed by atoms with van der Waals surface area (Å²) in [6.07, 6.45) is 6.63. The molecule has 1 aliphatic carbocycles. The average molecular weight is 452 g/mol. The number of piperidine rings is 2. The zero-order chi connectivity index (χ0) is 22.5. The van der Waals surface area contributed by atoms with E-state index in [4.69, 9.17) is 0 Å². The number of halogens is 1. The van der Waals surface area contributed by atoms with Gasteiger partial charge < -0.3 is 15.3 Å². The minimum Gasteiger partial charge on any atom is -0.507 e. The zero-order valence-corrected chi connectivity index (χ0v) is 18.3. The number of aromatic nitrogens is 7. The lowest BCUT2D eigenvalue weighted by molar-refractivity contribution is 0.104. The Hall–Kier alpha value is -3.21. The largest absolute Gasteiger partial charge is 0.507 e. The highest BCUT2D eigenvalue weighted by molar-refractivity contribution is 5.70. The summed E-state index contributed by atoms with van der Waals surface area (Å²) in [6, 6.07) is 5.42. The van der Waals surface area contributed by atoms with Gasteiger partial charge in [0.05, 0.1) is 24.8 Å². The fraction of sp³-hybridized carbons (Fsp3) is 0.545. The number of rotatable bonds is 5. The molecule has 11 heteroatoms. The number of phenols is 1. The molecule has 2 bridgehead atoms. The number of tetrazole rings is 1. The molecule has 1 aromatic carbocycles. The minimum absolute atomic E-state index is 0.00329. The summed E-state index contributed by atoms with van der Waals surface area (Å²) in [4.78, 5) is 7.95. The van der Waals surface area contributed by atoms with E-state index in [1.807, 2.05) is 0 Å². The first-order chi connectivity index (χ1) is 16.1. The summed E-state index contributed by atoms with van der Waals surface area (Å²) < 4.78 is 15.4. The monoisotopic (exact) mass is 451 g/mol. The molecule has 4 heterocycles. The Balaban J connectivity index is 1.26. The van der Waals surface area contributed by atoms with Gasteiger partial charge in [0.15, 0.2) is 11.6 Å². The molecule has 0 unspecified atom stereocenters. The Labute approximate surface area is 190 Å². The molecule has 3 aromatic rings. The Bertz CT molecular complexity index is 1150. The summed E-state index contributed by atoms with van der Waals surface area (Å²) in [5.41, 5.74) is 1.10. The predicted octanol–water partition coefficient (Wildman–Crippen LogP) is 2.02. The van der Waals surface area contributed by atoms with Crippen LogP contribution in [0.4, 0.5) is 10.2 Å². The first-order valence-corrected chi connectivity index (χ1v) is 11.5. The number of hydrogen-bond donors (Lipinski definition) is 2. The van der Waals surface area contributed by atoms with E-state index < -0.39 is 6.17 Å². The molecule has 3 fully saturated rings. The second-order valence-corrected chi connectivity index (χ2v) is 9.26. The lowest BCUT2D eigenvalue weighted by atomic mass is 9.82. The van der Waals surface area contributed by atoms with Crippen molar-refractivity contribution in [3.8, 4) is 28.5 Å². The Morgan fingerprint density at radius 2 is 2.00 bits per heavy atom. The van der Waals surface area contributed by atoms with Crippen LogP contribution in [0.15, 0.2) is 24.4 Å². The van der Waals surface area contributed by atoms with Gasteiger partial charge in [0, 0.05) is 23.7 Å². The quantitative estimate of drug-likeness (QED) is 0.601. The summed E-state index contributed by atoms with van der Waals surface area (Å²) >= 11 is 0.